The fourth-order valence-corrected chi connectivity index (χ4v) is 1.37. The zero-order valence-electron chi connectivity index (χ0n) is 7.27. The van der Waals surface area contributed by atoms with Gasteiger partial charge in [-0.1, -0.05) is 6.92 Å². The molecule has 3 heteroatoms. The molecule has 67 valence electrons. The maximum atomic E-state index is 3.20. The molecule has 0 nitrogen and oxygen atoms in total. The molecule has 1 aromatic carbocycles. The van der Waals surface area contributed by atoms with Gasteiger partial charge in [0.05, 0.1) is 0 Å². The normalized spacial score (nSPS) is 11.3. The van der Waals surface area contributed by atoms with E-state index < -0.39 is 0 Å². The Morgan fingerprint density at radius 3 is 2.62 bits per heavy atom. The largest absolute Gasteiger partial charge is 3.00 e. The second kappa shape index (κ2) is 6.81. The van der Waals surface area contributed by atoms with E-state index in [1.807, 2.05) is 12.1 Å². The van der Waals surface area contributed by atoms with Crippen LogP contribution < -0.4 is 24.8 Å². The first-order chi connectivity index (χ1) is 4.86. The third kappa shape index (κ3) is 3.58. The Hall–Kier alpha value is 0.423. The van der Waals surface area contributed by atoms with E-state index in [0.717, 1.165) is 6.42 Å². The van der Waals surface area contributed by atoms with Crippen molar-refractivity contribution >= 4 is 6.08 Å². The van der Waals surface area contributed by atoms with E-state index in [0.29, 0.717) is 0 Å². The van der Waals surface area contributed by atoms with Gasteiger partial charge in [0.15, 0.2) is 0 Å². The smallest absolute Gasteiger partial charge is 1.00 e. The molecule has 0 bridgehead atoms. The molecule has 0 fully saturated rings. The predicted octanol–water partition coefficient (Wildman–Crippen LogP) is -3.55. The standard InChI is InChI=1S/C10H9.2ClH.Zr/c1-8-6-9-4-2-3-5-10(9)7-8;;;/h2-4,7H,6H2,1H3;2*1H;/q-1;;;+3/p-2. The van der Waals surface area contributed by atoms with Gasteiger partial charge in [0.2, 0.25) is 0 Å². The Kier molecular flexibility index (Phi) is 8.32. The van der Waals surface area contributed by atoms with Crippen LogP contribution in [0.3, 0.4) is 0 Å². The van der Waals surface area contributed by atoms with Crippen LogP contribution in [0, 0.1) is 6.07 Å². The van der Waals surface area contributed by atoms with Crippen LogP contribution >= 0.6 is 0 Å². The van der Waals surface area contributed by atoms with Gasteiger partial charge in [-0.05, 0) is 6.42 Å². The Balaban J connectivity index is 0. The predicted molar refractivity (Wildman–Crippen MR) is 42.6 cm³/mol. The fraction of sp³-hybridized carbons (Fsp3) is 0.200. The van der Waals surface area contributed by atoms with Crippen LogP contribution in [0.4, 0.5) is 0 Å². The first-order valence-electron chi connectivity index (χ1n) is 3.53. The van der Waals surface area contributed by atoms with Gasteiger partial charge in [-0.15, -0.1) is 47.0 Å². The van der Waals surface area contributed by atoms with Crippen molar-refractivity contribution in [2.24, 2.45) is 0 Å². The molecule has 0 saturated heterocycles. The molecule has 0 N–H and O–H groups in total. The molecule has 1 aliphatic carbocycles. The van der Waals surface area contributed by atoms with Gasteiger partial charge < -0.3 is 24.8 Å². The molecule has 0 saturated carbocycles. The maximum Gasteiger partial charge on any atom is 3.00 e. The summed E-state index contributed by atoms with van der Waals surface area (Å²) in [6.07, 6.45) is 3.32. The van der Waals surface area contributed by atoms with Crippen LogP contribution in [0.15, 0.2) is 23.8 Å². The quantitative estimate of drug-likeness (QED) is 0.434. The monoisotopic (exact) mass is 289 g/mol. The minimum atomic E-state index is 0. The third-order valence-electron chi connectivity index (χ3n) is 1.84. The van der Waals surface area contributed by atoms with Gasteiger partial charge in [0.25, 0.3) is 0 Å². The number of allylic oxidation sites excluding steroid dienone is 1. The molecule has 1 aromatic rings. The Bertz CT molecular complexity index is 295. The van der Waals surface area contributed by atoms with Crippen molar-refractivity contribution in [3.05, 3.63) is 41.0 Å². The molecular weight excluding hydrogens is 282 g/mol. The number of benzene rings is 1. The zero-order chi connectivity index (χ0) is 6.97. The summed E-state index contributed by atoms with van der Waals surface area (Å²) in [6, 6.07) is 9.38. The van der Waals surface area contributed by atoms with Crippen molar-refractivity contribution in [3.8, 4) is 0 Å². The van der Waals surface area contributed by atoms with Gasteiger partial charge in [0.1, 0.15) is 0 Å². The molecular formula is C10H9Cl2Zr. The maximum absolute atomic E-state index is 3.20. The molecule has 0 aromatic heterocycles. The molecule has 1 aliphatic rings. The SMILES string of the molecule is CC1=Cc2[c-]cccc2C1.[Cl-].[Cl-].[Zr+3]. The molecule has 13 heavy (non-hydrogen) atoms. The molecule has 0 amide bonds. The van der Waals surface area contributed by atoms with Crippen LogP contribution in [-0.4, -0.2) is 0 Å². The summed E-state index contributed by atoms with van der Waals surface area (Å²) < 4.78 is 0. The van der Waals surface area contributed by atoms with Crippen LogP contribution in [0.1, 0.15) is 18.1 Å². The van der Waals surface area contributed by atoms with Crippen LogP contribution in [0.25, 0.3) is 6.08 Å². The van der Waals surface area contributed by atoms with Crippen LogP contribution in [0.5, 0.6) is 0 Å². The molecule has 0 heterocycles. The average Bonchev–Trinajstić information content (AvgIpc) is 2.27. The summed E-state index contributed by atoms with van der Waals surface area (Å²) in [5.74, 6) is 0. The van der Waals surface area contributed by atoms with Gasteiger partial charge in [-0.25, -0.2) is 0 Å². The summed E-state index contributed by atoms with van der Waals surface area (Å²) in [7, 11) is 0. The zero-order valence-corrected chi connectivity index (χ0v) is 11.2. The summed E-state index contributed by atoms with van der Waals surface area (Å²) in [5.41, 5.74) is 4.14. The average molecular weight is 291 g/mol. The summed E-state index contributed by atoms with van der Waals surface area (Å²) in [4.78, 5) is 0. The fourth-order valence-electron chi connectivity index (χ4n) is 1.37. The van der Waals surface area contributed by atoms with E-state index in [-0.39, 0.29) is 51.0 Å². The van der Waals surface area contributed by atoms with E-state index in [4.69, 9.17) is 0 Å². The second-order valence-corrected chi connectivity index (χ2v) is 2.78. The molecule has 0 spiro atoms. The summed E-state index contributed by atoms with van der Waals surface area (Å²) in [6.45, 7) is 2.16. The summed E-state index contributed by atoms with van der Waals surface area (Å²) in [5, 5.41) is 0. The molecule has 0 atom stereocenters. The Labute approximate surface area is 111 Å². The number of hydrogen-bond acceptors (Lipinski definition) is 0. The summed E-state index contributed by atoms with van der Waals surface area (Å²) >= 11 is 0. The molecule has 1 radical (unpaired) electrons. The van der Waals surface area contributed by atoms with Gasteiger partial charge in [-0.3, -0.25) is 0 Å². The topological polar surface area (TPSA) is 0 Å². The van der Waals surface area contributed by atoms with E-state index in [1.54, 1.807) is 0 Å². The molecule has 2 rings (SSSR count). The minimum absolute atomic E-state index is 0. The van der Waals surface area contributed by atoms with Crippen molar-refractivity contribution in [1.82, 2.24) is 0 Å². The van der Waals surface area contributed by atoms with Gasteiger partial charge >= 0.3 is 26.2 Å². The number of hydrogen-bond donors (Lipinski definition) is 0. The minimum Gasteiger partial charge on any atom is -1.00 e. The van der Waals surface area contributed by atoms with Crippen LogP contribution in [-0.2, 0) is 32.6 Å². The van der Waals surface area contributed by atoms with Gasteiger partial charge in [-0.2, -0.15) is 0 Å². The number of halogens is 2. The number of fused-ring (bicyclic) bond motifs is 1. The first kappa shape index (κ1) is 15.9. The Morgan fingerprint density at radius 2 is 2.00 bits per heavy atom. The van der Waals surface area contributed by atoms with Crippen LogP contribution in [0.2, 0.25) is 0 Å². The first-order valence-corrected chi connectivity index (χ1v) is 3.53. The molecule has 0 aliphatic heterocycles. The Morgan fingerprint density at radius 1 is 1.31 bits per heavy atom. The van der Waals surface area contributed by atoms with E-state index in [9.17, 15) is 0 Å². The van der Waals surface area contributed by atoms with Crippen molar-refractivity contribution < 1.29 is 51.0 Å². The van der Waals surface area contributed by atoms with E-state index >= 15 is 0 Å². The number of rotatable bonds is 0. The molecule has 0 unspecified atom stereocenters. The second-order valence-electron chi connectivity index (χ2n) is 2.78. The van der Waals surface area contributed by atoms with Crippen molar-refractivity contribution in [3.63, 3.8) is 0 Å². The van der Waals surface area contributed by atoms with E-state index in [1.165, 1.54) is 16.7 Å². The third-order valence-corrected chi connectivity index (χ3v) is 1.84. The van der Waals surface area contributed by atoms with Crippen molar-refractivity contribution in [2.45, 2.75) is 13.3 Å². The van der Waals surface area contributed by atoms with Crippen molar-refractivity contribution in [1.29, 1.82) is 0 Å². The van der Waals surface area contributed by atoms with Gasteiger partial charge in [0, 0.05) is 0 Å². The van der Waals surface area contributed by atoms with Crippen molar-refractivity contribution in [2.75, 3.05) is 0 Å². The van der Waals surface area contributed by atoms with E-state index in [2.05, 4.69) is 25.1 Å².